The Kier molecular flexibility index (Phi) is 7.61. The summed E-state index contributed by atoms with van der Waals surface area (Å²) < 4.78 is 26.6. The van der Waals surface area contributed by atoms with Crippen molar-refractivity contribution in [1.82, 2.24) is 4.31 Å². The van der Waals surface area contributed by atoms with Crippen LogP contribution in [0.25, 0.3) is 0 Å². The number of carbonyl (C=O) groups is 1. The molecule has 0 heterocycles. The Bertz CT molecular complexity index is 700. The fraction of sp³-hybridized carbons (Fsp3) is 0.588. The third-order valence-electron chi connectivity index (χ3n) is 4.31. The van der Waals surface area contributed by atoms with Gasteiger partial charge in [0.25, 0.3) is 0 Å². The smallest absolute Gasteiger partial charge is 0.243 e. The maximum Gasteiger partial charge on any atom is 0.243 e. The van der Waals surface area contributed by atoms with Crippen LogP contribution >= 0.6 is 23.4 Å². The number of nitrogens with one attached hydrogen (secondary N) is 1. The first-order chi connectivity index (χ1) is 11.9. The Morgan fingerprint density at radius 1 is 1.28 bits per heavy atom. The van der Waals surface area contributed by atoms with Gasteiger partial charge in [-0.1, -0.05) is 38.3 Å². The average molecular weight is 405 g/mol. The Morgan fingerprint density at radius 2 is 1.92 bits per heavy atom. The first kappa shape index (κ1) is 20.6. The van der Waals surface area contributed by atoms with Crippen molar-refractivity contribution in [1.29, 1.82) is 0 Å². The molecule has 5 nitrogen and oxygen atoms in total. The lowest BCUT2D eigenvalue weighted by molar-refractivity contribution is -0.113. The summed E-state index contributed by atoms with van der Waals surface area (Å²) in [7, 11) is -3.58. The molecule has 1 fully saturated rings. The second kappa shape index (κ2) is 9.26. The molecule has 0 saturated heterocycles. The van der Waals surface area contributed by atoms with Crippen molar-refractivity contribution in [2.45, 2.75) is 49.7 Å². The molecule has 1 aromatic carbocycles. The van der Waals surface area contributed by atoms with E-state index in [4.69, 9.17) is 11.6 Å². The number of benzene rings is 1. The van der Waals surface area contributed by atoms with Crippen LogP contribution in [0, 0.1) is 0 Å². The van der Waals surface area contributed by atoms with Crippen molar-refractivity contribution in [2.75, 3.05) is 24.2 Å². The standard InChI is InChI=1S/C17H25ClN2O3S2/c1-3-20(4-2)25(22,23)14-9-10-15(18)16(11-14)19-17(21)12-24-13-7-5-6-8-13/h9-11,13H,3-8,12H2,1-2H3,(H,19,21). The van der Waals surface area contributed by atoms with Gasteiger partial charge in [0.2, 0.25) is 15.9 Å². The monoisotopic (exact) mass is 404 g/mol. The normalized spacial score (nSPS) is 15.7. The molecule has 140 valence electrons. The van der Waals surface area contributed by atoms with Crippen LogP contribution in [0.15, 0.2) is 23.1 Å². The molecule has 0 aliphatic heterocycles. The Labute approximate surface area is 159 Å². The van der Waals surface area contributed by atoms with E-state index < -0.39 is 10.0 Å². The van der Waals surface area contributed by atoms with Gasteiger partial charge in [-0.25, -0.2) is 8.42 Å². The van der Waals surface area contributed by atoms with Crippen LogP contribution in [-0.2, 0) is 14.8 Å². The van der Waals surface area contributed by atoms with Gasteiger partial charge in [0, 0.05) is 18.3 Å². The Morgan fingerprint density at radius 3 is 2.52 bits per heavy atom. The van der Waals surface area contributed by atoms with Gasteiger partial charge in [-0.3, -0.25) is 4.79 Å². The highest BCUT2D eigenvalue weighted by Gasteiger charge is 2.23. The van der Waals surface area contributed by atoms with Crippen LogP contribution in [0.4, 0.5) is 5.69 Å². The summed E-state index contributed by atoms with van der Waals surface area (Å²) in [5.41, 5.74) is 0.340. The summed E-state index contributed by atoms with van der Waals surface area (Å²) in [5, 5.41) is 3.63. The van der Waals surface area contributed by atoms with Crippen molar-refractivity contribution < 1.29 is 13.2 Å². The van der Waals surface area contributed by atoms with Crippen LogP contribution < -0.4 is 5.32 Å². The average Bonchev–Trinajstić information content (AvgIpc) is 3.09. The molecule has 1 saturated carbocycles. The number of anilines is 1. The predicted molar refractivity (Wildman–Crippen MR) is 105 cm³/mol. The van der Waals surface area contributed by atoms with E-state index in [0.717, 1.165) is 12.8 Å². The number of sulfonamides is 1. The van der Waals surface area contributed by atoms with Gasteiger partial charge < -0.3 is 5.32 Å². The molecule has 2 rings (SSSR count). The highest BCUT2D eigenvalue weighted by molar-refractivity contribution is 8.00. The minimum atomic E-state index is -3.58. The van der Waals surface area contributed by atoms with Gasteiger partial charge in [-0.15, -0.1) is 11.8 Å². The van der Waals surface area contributed by atoms with Crippen LogP contribution in [0.3, 0.4) is 0 Å². The van der Waals surface area contributed by atoms with Crippen molar-refractivity contribution in [2.24, 2.45) is 0 Å². The van der Waals surface area contributed by atoms with E-state index >= 15 is 0 Å². The molecule has 1 N–H and O–H groups in total. The molecule has 25 heavy (non-hydrogen) atoms. The van der Waals surface area contributed by atoms with Gasteiger partial charge in [0.1, 0.15) is 0 Å². The number of amides is 1. The van der Waals surface area contributed by atoms with E-state index in [9.17, 15) is 13.2 Å². The molecule has 1 aromatic rings. The third-order valence-corrected chi connectivity index (χ3v) is 8.05. The summed E-state index contributed by atoms with van der Waals surface area (Å²) in [6.45, 7) is 4.36. The van der Waals surface area contributed by atoms with E-state index in [1.807, 2.05) is 0 Å². The van der Waals surface area contributed by atoms with Gasteiger partial charge in [0.05, 0.1) is 21.4 Å². The van der Waals surface area contributed by atoms with Crippen molar-refractivity contribution >= 4 is 45.0 Å². The van der Waals surface area contributed by atoms with E-state index in [2.05, 4.69) is 5.32 Å². The molecule has 1 aliphatic rings. The topological polar surface area (TPSA) is 66.5 Å². The van der Waals surface area contributed by atoms with Crippen LogP contribution in [-0.4, -0.2) is 42.7 Å². The van der Waals surface area contributed by atoms with E-state index in [-0.39, 0.29) is 10.8 Å². The van der Waals surface area contributed by atoms with Crippen LogP contribution in [0.1, 0.15) is 39.5 Å². The van der Waals surface area contributed by atoms with Crippen molar-refractivity contribution in [3.05, 3.63) is 23.2 Å². The SMILES string of the molecule is CCN(CC)S(=O)(=O)c1ccc(Cl)c(NC(=O)CSC2CCCC2)c1. The maximum absolute atomic E-state index is 12.6. The lowest BCUT2D eigenvalue weighted by Gasteiger charge is -2.19. The van der Waals surface area contributed by atoms with Crippen molar-refractivity contribution in [3.63, 3.8) is 0 Å². The number of hydrogen-bond acceptors (Lipinski definition) is 4. The minimum absolute atomic E-state index is 0.138. The number of carbonyl (C=O) groups excluding carboxylic acids is 1. The molecule has 0 radical (unpaired) electrons. The lowest BCUT2D eigenvalue weighted by Crippen LogP contribution is -2.30. The van der Waals surface area contributed by atoms with E-state index in [1.54, 1.807) is 25.6 Å². The highest BCUT2D eigenvalue weighted by Crippen LogP contribution is 2.30. The molecule has 0 unspecified atom stereocenters. The van der Waals surface area contributed by atoms with Crippen LogP contribution in [0.5, 0.6) is 0 Å². The summed E-state index contributed by atoms with van der Waals surface area (Å²) in [6.07, 6.45) is 4.79. The fourth-order valence-corrected chi connectivity index (χ4v) is 5.68. The fourth-order valence-electron chi connectivity index (χ4n) is 2.91. The van der Waals surface area contributed by atoms with E-state index in [0.29, 0.717) is 34.8 Å². The number of thioether (sulfide) groups is 1. The number of halogens is 1. The van der Waals surface area contributed by atoms with E-state index in [1.165, 1.54) is 35.3 Å². The maximum atomic E-state index is 12.6. The number of hydrogen-bond donors (Lipinski definition) is 1. The molecule has 0 spiro atoms. The lowest BCUT2D eigenvalue weighted by atomic mass is 10.3. The second-order valence-corrected chi connectivity index (χ2v) is 9.63. The van der Waals surface area contributed by atoms with Gasteiger partial charge in [-0.2, -0.15) is 4.31 Å². The molecule has 1 amide bonds. The molecule has 0 aromatic heterocycles. The molecule has 0 atom stereocenters. The first-order valence-electron chi connectivity index (χ1n) is 8.59. The number of nitrogens with zero attached hydrogens (tertiary/aromatic N) is 1. The third kappa shape index (κ3) is 5.36. The van der Waals surface area contributed by atoms with Crippen LogP contribution in [0.2, 0.25) is 5.02 Å². The minimum Gasteiger partial charge on any atom is -0.324 e. The molecular formula is C17H25ClN2O3S2. The summed E-state index contributed by atoms with van der Waals surface area (Å²) in [4.78, 5) is 12.3. The second-order valence-electron chi connectivity index (χ2n) is 6.00. The molecular weight excluding hydrogens is 380 g/mol. The summed E-state index contributed by atoms with van der Waals surface area (Å²) in [6, 6.07) is 4.42. The summed E-state index contributed by atoms with van der Waals surface area (Å²) in [5.74, 6) is 0.199. The highest BCUT2D eigenvalue weighted by atomic mass is 35.5. The zero-order valence-corrected chi connectivity index (χ0v) is 17.0. The van der Waals surface area contributed by atoms with Gasteiger partial charge in [-0.05, 0) is 31.0 Å². The van der Waals surface area contributed by atoms with Crippen molar-refractivity contribution in [3.8, 4) is 0 Å². The predicted octanol–water partition coefficient (Wildman–Crippen LogP) is 3.98. The number of rotatable bonds is 8. The summed E-state index contributed by atoms with van der Waals surface area (Å²) >= 11 is 7.79. The Hall–Kier alpha value is -0.760. The molecule has 0 bridgehead atoms. The van der Waals surface area contributed by atoms with Gasteiger partial charge >= 0.3 is 0 Å². The first-order valence-corrected chi connectivity index (χ1v) is 11.5. The van der Waals surface area contributed by atoms with Gasteiger partial charge in [0.15, 0.2) is 0 Å². The Balaban J connectivity index is 2.09. The quantitative estimate of drug-likeness (QED) is 0.711. The zero-order valence-electron chi connectivity index (χ0n) is 14.6. The molecule has 1 aliphatic carbocycles. The zero-order chi connectivity index (χ0) is 18.4. The largest absolute Gasteiger partial charge is 0.324 e. The molecule has 8 heteroatoms.